The fourth-order valence-corrected chi connectivity index (χ4v) is 1.34. The van der Waals surface area contributed by atoms with Crippen LogP contribution < -0.4 is 5.32 Å². The molecule has 2 nitrogen and oxygen atoms in total. The van der Waals surface area contributed by atoms with E-state index in [-0.39, 0.29) is 12.0 Å². The molecule has 0 amide bonds. The van der Waals surface area contributed by atoms with Crippen molar-refractivity contribution in [1.82, 2.24) is 5.32 Å². The zero-order valence-corrected chi connectivity index (χ0v) is 8.83. The van der Waals surface area contributed by atoms with Crippen molar-refractivity contribution in [3.8, 4) is 0 Å². The Balaban J connectivity index is 2.89. The van der Waals surface area contributed by atoms with Crippen LogP contribution >= 0.6 is 0 Å². The van der Waals surface area contributed by atoms with Gasteiger partial charge in [0.15, 0.2) is 0 Å². The molecule has 0 aliphatic rings. The second-order valence-electron chi connectivity index (χ2n) is 3.48. The molecule has 0 bridgehead atoms. The SMILES string of the molecule is CCC(O)N[C@@H](c1ccccc1)C(F)(F)F. The molecule has 1 rings (SSSR count). The number of aliphatic hydroxyl groups is 1. The maximum atomic E-state index is 12.7. The first-order valence-electron chi connectivity index (χ1n) is 5.01. The third-order valence-corrected chi connectivity index (χ3v) is 2.21. The van der Waals surface area contributed by atoms with Crippen molar-refractivity contribution in [2.45, 2.75) is 31.8 Å². The molecule has 16 heavy (non-hydrogen) atoms. The second-order valence-corrected chi connectivity index (χ2v) is 3.48. The second kappa shape index (κ2) is 5.32. The standard InChI is InChI=1S/C11H14F3NO/c1-2-9(16)15-10(11(12,13)14)8-6-4-3-5-7-8/h3-7,9-10,15-16H,2H2,1H3/t9?,10-/m0/s1. The number of benzene rings is 1. The molecular formula is C11H14F3NO. The van der Waals surface area contributed by atoms with Crippen LogP contribution in [0.4, 0.5) is 13.2 Å². The molecule has 90 valence electrons. The lowest BCUT2D eigenvalue weighted by Gasteiger charge is -2.24. The highest BCUT2D eigenvalue weighted by Gasteiger charge is 2.41. The highest BCUT2D eigenvalue weighted by molar-refractivity contribution is 5.20. The summed E-state index contributed by atoms with van der Waals surface area (Å²) in [6.45, 7) is 1.61. The minimum absolute atomic E-state index is 0.0995. The molecule has 0 aliphatic carbocycles. The van der Waals surface area contributed by atoms with Gasteiger partial charge in [-0.25, -0.2) is 0 Å². The smallest absolute Gasteiger partial charge is 0.379 e. The average molecular weight is 233 g/mol. The van der Waals surface area contributed by atoms with E-state index in [0.717, 1.165) is 0 Å². The zero-order chi connectivity index (χ0) is 12.2. The molecule has 0 aromatic heterocycles. The minimum atomic E-state index is -4.42. The van der Waals surface area contributed by atoms with E-state index < -0.39 is 18.4 Å². The predicted octanol–water partition coefficient (Wildman–Crippen LogP) is 2.61. The first kappa shape index (κ1) is 13.0. The molecule has 0 saturated heterocycles. The minimum Gasteiger partial charge on any atom is -0.379 e. The molecule has 1 aromatic rings. The van der Waals surface area contributed by atoms with Crippen LogP contribution in [0.5, 0.6) is 0 Å². The Hall–Kier alpha value is -1.07. The Morgan fingerprint density at radius 1 is 1.25 bits per heavy atom. The third-order valence-electron chi connectivity index (χ3n) is 2.21. The van der Waals surface area contributed by atoms with Crippen LogP contribution in [0.15, 0.2) is 30.3 Å². The van der Waals surface area contributed by atoms with Gasteiger partial charge in [0.25, 0.3) is 0 Å². The molecule has 1 unspecified atom stereocenters. The lowest BCUT2D eigenvalue weighted by molar-refractivity contribution is -0.165. The van der Waals surface area contributed by atoms with Crippen LogP contribution in [0, 0.1) is 0 Å². The molecule has 2 atom stereocenters. The number of aliphatic hydroxyl groups excluding tert-OH is 1. The lowest BCUT2D eigenvalue weighted by Crippen LogP contribution is -2.40. The topological polar surface area (TPSA) is 32.3 Å². The van der Waals surface area contributed by atoms with Gasteiger partial charge in [-0.15, -0.1) is 0 Å². The van der Waals surface area contributed by atoms with Crippen LogP contribution in [0.3, 0.4) is 0 Å². The third kappa shape index (κ3) is 3.50. The van der Waals surface area contributed by atoms with E-state index in [2.05, 4.69) is 5.32 Å². The summed E-state index contributed by atoms with van der Waals surface area (Å²) in [7, 11) is 0. The summed E-state index contributed by atoms with van der Waals surface area (Å²) in [5, 5.41) is 11.4. The Kier molecular flexibility index (Phi) is 4.32. The molecule has 0 fully saturated rings. The summed E-state index contributed by atoms with van der Waals surface area (Å²) in [6.07, 6.45) is -5.36. The number of alkyl halides is 3. The Bertz CT molecular complexity index is 313. The Morgan fingerprint density at radius 2 is 1.81 bits per heavy atom. The van der Waals surface area contributed by atoms with Crippen LogP contribution in [-0.2, 0) is 0 Å². The summed E-state index contributed by atoms with van der Waals surface area (Å²) in [4.78, 5) is 0. The highest BCUT2D eigenvalue weighted by atomic mass is 19.4. The fraction of sp³-hybridized carbons (Fsp3) is 0.455. The number of rotatable bonds is 4. The summed E-state index contributed by atoms with van der Waals surface area (Å²) in [5.41, 5.74) is 0.0995. The largest absolute Gasteiger partial charge is 0.407 e. The van der Waals surface area contributed by atoms with Crippen molar-refractivity contribution in [3.05, 3.63) is 35.9 Å². The van der Waals surface area contributed by atoms with Crippen LogP contribution in [0.1, 0.15) is 24.9 Å². The lowest BCUT2D eigenvalue weighted by atomic mass is 10.1. The summed E-state index contributed by atoms with van der Waals surface area (Å²) in [5.74, 6) is 0. The molecule has 0 radical (unpaired) electrons. The Morgan fingerprint density at radius 3 is 2.25 bits per heavy atom. The van der Waals surface area contributed by atoms with Crippen molar-refractivity contribution < 1.29 is 18.3 Å². The van der Waals surface area contributed by atoms with Gasteiger partial charge in [0.2, 0.25) is 0 Å². The van der Waals surface area contributed by atoms with Crippen LogP contribution in [0.25, 0.3) is 0 Å². The van der Waals surface area contributed by atoms with E-state index in [0.29, 0.717) is 0 Å². The molecule has 2 N–H and O–H groups in total. The van der Waals surface area contributed by atoms with Crippen LogP contribution in [-0.4, -0.2) is 17.5 Å². The maximum Gasteiger partial charge on any atom is 0.407 e. The molecule has 0 heterocycles. The number of hydrogen-bond acceptors (Lipinski definition) is 2. The van der Waals surface area contributed by atoms with Crippen molar-refractivity contribution in [2.24, 2.45) is 0 Å². The molecule has 0 aliphatic heterocycles. The summed E-state index contributed by atoms with van der Waals surface area (Å²) in [6, 6.07) is 5.65. The van der Waals surface area contributed by atoms with E-state index in [9.17, 15) is 18.3 Å². The van der Waals surface area contributed by atoms with Gasteiger partial charge in [-0.05, 0) is 12.0 Å². The van der Waals surface area contributed by atoms with Gasteiger partial charge >= 0.3 is 6.18 Å². The summed E-state index contributed by atoms with van der Waals surface area (Å²) >= 11 is 0. The molecule has 0 saturated carbocycles. The van der Waals surface area contributed by atoms with E-state index in [1.54, 1.807) is 13.0 Å². The van der Waals surface area contributed by atoms with Gasteiger partial charge in [0.1, 0.15) is 12.3 Å². The molecular weight excluding hydrogens is 219 g/mol. The zero-order valence-electron chi connectivity index (χ0n) is 8.83. The monoisotopic (exact) mass is 233 g/mol. The fourth-order valence-electron chi connectivity index (χ4n) is 1.34. The highest BCUT2D eigenvalue weighted by Crippen LogP contribution is 2.32. The van der Waals surface area contributed by atoms with E-state index in [1.165, 1.54) is 24.3 Å². The maximum absolute atomic E-state index is 12.7. The van der Waals surface area contributed by atoms with E-state index >= 15 is 0 Å². The molecule has 0 spiro atoms. The first-order valence-corrected chi connectivity index (χ1v) is 5.01. The van der Waals surface area contributed by atoms with Crippen molar-refractivity contribution in [2.75, 3.05) is 0 Å². The van der Waals surface area contributed by atoms with Crippen molar-refractivity contribution in [1.29, 1.82) is 0 Å². The quantitative estimate of drug-likeness (QED) is 0.783. The first-order chi connectivity index (χ1) is 7.45. The van der Waals surface area contributed by atoms with Gasteiger partial charge in [-0.1, -0.05) is 37.3 Å². The van der Waals surface area contributed by atoms with Crippen molar-refractivity contribution >= 4 is 0 Å². The van der Waals surface area contributed by atoms with E-state index in [4.69, 9.17) is 0 Å². The number of nitrogens with one attached hydrogen (secondary N) is 1. The number of hydrogen-bond donors (Lipinski definition) is 2. The van der Waals surface area contributed by atoms with Gasteiger partial charge in [0.05, 0.1) is 0 Å². The van der Waals surface area contributed by atoms with Gasteiger partial charge in [0, 0.05) is 0 Å². The van der Waals surface area contributed by atoms with Gasteiger partial charge < -0.3 is 5.11 Å². The van der Waals surface area contributed by atoms with Crippen molar-refractivity contribution in [3.63, 3.8) is 0 Å². The number of halogens is 3. The average Bonchev–Trinajstić information content (AvgIpc) is 2.25. The summed E-state index contributed by atoms with van der Waals surface area (Å²) < 4.78 is 38.2. The van der Waals surface area contributed by atoms with Crippen LogP contribution in [0.2, 0.25) is 0 Å². The predicted molar refractivity (Wildman–Crippen MR) is 54.7 cm³/mol. The molecule has 5 heteroatoms. The normalized spacial score (nSPS) is 15.8. The van der Waals surface area contributed by atoms with Gasteiger partial charge in [-0.3, -0.25) is 5.32 Å². The van der Waals surface area contributed by atoms with Gasteiger partial charge in [-0.2, -0.15) is 13.2 Å². The Labute approximate surface area is 92.1 Å². The van der Waals surface area contributed by atoms with E-state index in [1.807, 2.05) is 0 Å². The molecule has 1 aromatic carbocycles.